The van der Waals surface area contributed by atoms with Crippen LogP contribution in [-0.2, 0) is 13.0 Å². The first-order chi connectivity index (χ1) is 6.70. The molecule has 0 aromatic heterocycles. The maximum atomic E-state index is 10.9. The van der Waals surface area contributed by atoms with Gasteiger partial charge in [0.25, 0.3) is 0 Å². The van der Waals surface area contributed by atoms with Crippen molar-refractivity contribution in [2.24, 2.45) is 0 Å². The second-order valence-electron chi connectivity index (χ2n) is 3.28. The van der Waals surface area contributed by atoms with Crippen molar-refractivity contribution in [3.05, 3.63) is 33.8 Å². The van der Waals surface area contributed by atoms with Crippen LogP contribution < -0.4 is 5.32 Å². The van der Waals surface area contributed by atoms with Gasteiger partial charge >= 0.3 is 5.97 Å². The fourth-order valence-corrected chi connectivity index (χ4v) is 2.04. The highest BCUT2D eigenvalue weighted by Gasteiger charge is 2.18. The minimum atomic E-state index is -0.887. The topological polar surface area (TPSA) is 49.3 Å². The first-order valence-electron chi connectivity index (χ1n) is 4.44. The molecule has 2 rings (SSSR count). The molecule has 1 aromatic carbocycles. The number of fused-ring (bicyclic) bond motifs is 1. The molecule has 0 saturated carbocycles. The maximum absolute atomic E-state index is 10.9. The van der Waals surface area contributed by atoms with Gasteiger partial charge in [0.2, 0.25) is 0 Å². The average Bonchev–Trinajstić information content (AvgIpc) is 2.18. The van der Waals surface area contributed by atoms with Crippen molar-refractivity contribution < 1.29 is 9.90 Å². The molecular weight excluding hydrogens is 202 g/mol. The van der Waals surface area contributed by atoms with E-state index < -0.39 is 5.97 Å². The molecule has 0 amide bonds. The molecule has 1 heterocycles. The molecule has 2 N–H and O–H groups in total. The molecule has 1 aromatic rings. The summed E-state index contributed by atoms with van der Waals surface area (Å²) in [6.45, 7) is 1.45. The Labute approximate surface area is 86.7 Å². The van der Waals surface area contributed by atoms with Gasteiger partial charge in [0.15, 0.2) is 0 Å². The van der Waals surface area contributed by atoms with Gasteiger partial charge in [-0.05, 0) is 36.2 Å². The van der Waals surface area contributed by atoms with Gasteiger partial charge in [-0.25, -0.2) is 4.79 Å². The smallest absolute Gasteiger partial charge is 0.336 e. The van der Waals surface area contributed by atoms with E-state index in [1.165, 1.54) is 0 Å². The Morgan fingerprint density at radius 1 is 1.43 bits per heavy atom. The van der Waals surface area contributed by atoms with E-state index in [-0.39, 0.29) is 0 Å². The van der Waals surface area contributed by atoms with Crippen molar-refractivity contribution >= 4 is 17.6 Å². The lowest BCUT2D eigenvalue weighted by Crippen LogP contribution is -2.26. The number of aromatic carboxylic acids is 1. The average molecular weight is 212 g/mol. The summed E-state index contributed by atoms with van der Waals surface area (Å²) in [6.07, 6.45) is 0.801. The third kappa shape index (κ3) is 1.49. The van der Waals surface area contributed by atoms with Crippen LogP contribution in [0.5, 0.6) is 0 Å². The van der Waals surface area contributed by atoms with Gasteiger partial charge < -0.3 is 10.4 Å². The number of halogens is 1. The molecule has 0 spiro atoms. The van der Waals surface area contributed by atoms with Crippen molar-refractivity contribution in [3.63, 3.8) is 0 Å². The number of carboxylic acids is 1. The summed E-state index contributed by atoms with van der Waals surface area (Å²) in [5.41, 5.74) is 2.16. The Morgan fingerprint density at radius 3 is 2.93 bits per heavy atom. The van der Waals surface area contributed by atoms with Crippen LogP contribution in [0.4, 0.5) is 0 Å². The van der Waals surface area contributed by atoms with E-state index in [0.29, 0.717) is 17.1 Å². The minimum Gasteiger partial charge on any atom is -0.478 e. The quantitative estimate of drug-likeness (QED) is 0.743. The molecule has 0 fully saturated rings. The van der Waals surface area contributed by atoms with Crippen LogP contribution in [0.15, 0.2) is 12.1 Å². The molecule has 4 heteroatoms. The molecule has 0 aliphatic carbocycles. The number of nitrogens with one attached hydrogen (secondary N) is 1. The molecule has 3 nitrogen and oxygen atoms in total. The van der Waals surface area contributed by atoms with Crippen molar-refractivity contribution in [2.75, 3.05) is 6.54 Å². The zero-order valence-electron chi connectivity index (χ0n) is 7.51. The lowest BCUT2D eigenvalue weighted by atomic mass is 9.96. The SMILES string of the molecule is O=C(O)c1ccc(Cl)c2c1CNCC2. The van der Waals surface area contributed by atoms with Crippen LogP contribution in [0.2, 0.25) is 5.02 Å². The molecule has 0 saturated heterocycles. The van der Waals surface area contributed by atoms with Gasteiger partial charge in [0, 0.05) is 11.6 Å². The molecule has 14 heavy (non-hydrogen) atoms. The number of carboxylic acid groups (broad SMARTS) is 1. The van der Waals surface area contributed by atoms with E-state index in [4.69, 9.17) is 16.7 Å². The fraction of sp³-hybridized carbons (Fsp3) is 0.300. The summed E-state index contributed by atoms with van der Waals surface area (Å²) in [6, 6.07) is 3.23. The summed E-state index contributed by atoms with van der Waals surface area (Å²) >= 11 is 6.00. The van der Waals surface area contributed by atoms with E-state index in [1.807, 2.05) is 0 Å². The van der Waals surface area contributed by atoms with Crippen LogP contribution in [-0.4, -0.2) is 17.6 Å². The van der Waals surface area contributed by atoms with Gasteiger partial charge in [0.1, 0.15) is 0 Å². The van der Waals surface area contributed by atoms with Crippen molar-refractivity contribution in [1.29, 1.82) is 0 Å². The normalized spacial score (nSPS) is 14.9. The Bertz CT molecular complexity index is 390. The van der Waals surface area contributed by atoms with Crippen LogP contribution in [0.25, 0.3) is 0 Å². The third-order valence-electron chi connectivity index (χ3n) is 2.46. The van der Waals surface area contributed by atoms with E-state index in [1.54, 1.807) is 12.1 Å². The Hall–Kier alpha value is -1.06. The second-order valence-corrected chi connectivity index (χ2v) is 3.69. The van der Waals surface area contributed by atoms with Gasteiger partial charge in [-0.2, -0.15) is 0 Å². The minimum absolute atomic E-state index is 0.358. The standard InChI is InChI=1S/C10H10ClNO2/c11-9-2-1-7(10(13)14)8-5-12-4-3-6(8)9/h1-2,12H,3-5H2,(H,13,14). The number of carbonyl (C=O) groups is 1. The van der Waals surface area contributed by atoms with Gasteiger partial charge in [0.05, 0.1) is 5.56 Å². The van der Waals surface area contributed by atoms with E-state index in [0.717, 1.165) is 24.1 Å². The van der Waals surface area contributed by atoms with Gasteiger partial charge in [-0.1, -0.05) is 11.6 Å². The summed E-state index contributed by atoms with van der Waals surface area (Å²) in [7, 11) is 0. The fourth-order valence-electron chi connectivity index (χ4n) is 1.76. The largest absolute Gasteiger partial charge is 0.478 e. The zero-order valence-corrected chi connectivity index (χ0v) is 8.27. The van der Waals surface area contributed by atoms with Crippen LogP contribution in [0, 0.1) is 0 Å². The van der Waals surface area contributed by atoms with Crippen molar-refractivity contribution in [3.8, 4) is 0 Å². The number of hydrogen-bond acceptors (Lipinski definition) is 2. The molecule has 1 aliphatic rings. The van der Waals surface area contributed by atoms with Gasteiger partial charge in [-0.3, -0.25) is 0 Å². The Morgan fingerprint density at radius 2 is 2.21 bits per heavy atom. The monoisotopic (exact) mass is 211 g/mol. The van der Waals surface area contributed by atoms with Crippen LogP contribution in [0.3, 0.4) is 0 Å². The van der Waals surface area contributed by atoms with Crippen molar-refractivity contribution in [1.82, 2.24) is 5.32 Å². The Balaban J connectivity index is 2.59. The summed E-state index contributed by atoms with van der Waals surface area (Å²) < 4.78 is 0. The highest BCUT2D eigenvalue weighted by molar-refractivity contribution is 6.31. The summed E-state index contributed by atoms with van der Waals surface area (Å²) in [5, 5.41) is 12.8. The van der Waals surface area contributed by atoms with Crippen molar-refractivity contribution in [2.45, 2.75) is 13.0 Å². The molecule has 0 radical (unpaired) electrons. The lowest BCUT2D eigenvalue weighted by Gasteiger charge is -2.19. The number of rotatable bonds is 1. The van der Waals surface area contributed by atoms with E-state index in [9.17, 15) is 4.79 Å². The maximum Gasteiger partial charge on any atom is 0.336 e. The second kappa shape index (κ2) is 3.59. The Kier molecular flexibility index (Phi) is 2.44. The highest BCUT2D eigenvalue weighted by Crippen LogP contribution is 2.26. The first-order valence-corrected chi connectivity index (χ1v) is 4.82. The summed E-state index contributed by atoms with van der Waals surface area (Å²) in [4.78, 5) is 10.9. The number of hydrogen-bond donors (Lipinski definition) is 2. The van der Waals surface area contributed by atoms with Crippen LogP contribution >= 0.6 is 11.6 Å². The van der Waals surface area contributed by atoms with Gasteiger partial charge in [-0.15, -0.1) is 0 Å². The first kappa shape index (κ1) is 9.49. The summed E-state index contributed by atoms with van der Waals surface area (Å²) in [5.74, 6) is -0.887. The molecule has 74 valence electrons. The van der Waals surface area contributed by atoms with Crippen LogP contribution in [0.1, 0.15) is 21.5 Å². The number of benzene rings is 1. The predicted molar refractivity (Wildman–Crippen MR) is 53.8 cm³/mol. The zero-order chi connectivity index (χ0) is 10.1. The predicted octanol–water partition coefficient (Wildman–Crippen LogP) is 1.68. The third-order valence-corrected chi connectivity index (χ3v) is 2.81. The molecular formula is C10H10ClNO2. The molecule has 0 atom stereocenters. The van der Waals surface area contributed by atoms with E-state index in [2.05, 4.69) is 5.32 Å². The molecule has 0 unspecified atom stereocenters. The molecule has 1 aliphatic heterocycles. The highest BCUT2D eigenvalue weighted by atomic mass is 35.5. The lowest BCUT2D eigenvalue weighted by molar-refractivity contribution is 0.0695. The molecule has 0 bridgehead atoms. The van der Waals surface area contributed by atoms with E-state index >= 15 is 0 Å².